The van der Waals surface area contributed by atoms with Gasteiger partial charge >= 0.3 is 5.97 Å². The molecule has 0 radical (unpaired) electrons. The molecule has 1 aliphatic carbocycles. The minimum Gasteiger partial charge on any atom is -0.471 e. The maximum Gasteiger partial charge on any atom is 0.328 e. The molecule has 1 amide bonds. The lowest BCUT2D eigenvalue weighted by molar-refractivity contribution is -0.339. The van der Waals surface area contributed by atoms with Crippen LogP contribution in [0.1, 0.15) is 12.0 Å². The van der Waals surface area contributed by atoms with Crippen molar-refractivity contribution >= 4 is 22.8 Å². The Morgan fingerprint density at radius 1 is 1.12 bits per heavy atom. The highest BCUT2D eigenvalue weighted by Crippen LogP contribution is 2.44. The minimum absolute atomic E-state index is 0.174. The normalized spacial score (nSPS) is 32.0. The van der Waals surface area contributed by atoms with E-state index in [4.69, 9.17) is 18.9 Å². The first-order chi connectivity index (χ1) is 19.8. The fourth-order valence-corrected chi connectivity index (χ4v) is 5.73. The summed E-state index contributed by atoms with van der Waals surface area (Å²) < 4.78 is 22.0. The molecule has 9 atom stereocenters. The van der Waals surface area contributed by atoms with Gasteiger partial charge in [0.1, 0.15) is 30.5 Å². The quantitative estimate of drug-likeness (QED) is 0.143. The Bertz CT molecular complexity index is 1320. The number of carbonyl (C=O) groups is 2. The Balaban J connectivity index is 1.34. The molecule has 1 aromatic carbocycles. The van der Waals surface area contributed by atoms with Gasteiger partial charge in [0.05, 0.1) is 38.1 Å². The molecule has 1 saturated heterocycles. The van der Waals surface area contributed by atoms with Gasteiger partial charge in [-0.1, -0.05) is 24.3 Å². The van der Waals surface area contributed by atoms with Crippen LogP contribution in [0.3, 0.4) is 0 Å². The summed E-state index contributed by atoms with van der Waals surface area (Å²) >= 11 is 0. The molecule has 41 heavy (non-hydrogen) atoms. The average Bonchev–Trinajstić information content (AvgIpc) is 3.61. The molecular weight excluding hydrogens is 540 g/mol. The number of hydrogen-bond donors (Lipinski definition) is 7. The number of aliphatic hydroxyl groups is 5. The number of H-pyrrole nitrogens is 1. The zero-order chi connectivity index (χ0) is 29.3. The number of fused-ring (bicyclic) bond motifs is 2. The number of methoxy groups -OCH3 is 1. The van der Waals surface area contributed by atoms with Crippen molar-refractivity contribution in [3.05, 3.63) is 59.5 Å². The number of carbonyl (C=O) groups excluding carboxylic acids is 2. The molecule has 222 valence electrons. The SMILES string of the molecule is COC(=O)[C@@H](Cc1c[nH]c2ccccc12)NC(=O)C1=CO[C@@H](O[C@@H]2O[C@H](CO)[C@@H](O)[C@H](O)[C@H]2O)[C@@H]2C(CO)=CC[C@H]12. The maximum atomic E-state index is 13.5. The Labute approximate surface area is 235 Å². The average molecular weight is 575 g/mol. The molecule has 0 bridgehead atoms. The van der Waals surface area contributed by atoms with Gasteiger partial charge < -0.3 is 54.8 Å². The number of aromatic amines is 1. The van der Waals surface area contributed by atoms with E-state index in [1.807, 2.05) is 24.3 Å². The van der Waals surface area contributed by atoms with Crippen LogP contribution in [0.5, 0.6) is 0 Å². The maximum absolute atomic E-state index is 13.5. The highest BCUT2D eigenvalue weighted by Gasteiger charge is 2.49. The summed E-state index contributed by atoms with van der Waals surface area (Å²) in [6, 6.07) is 6.59. The predicted octanol–water partition coefficient (Wildman–Crippen LogP) is -1.02. The number of esters is 1. The van der Waals surface area contributed by atoms with Gasteiger partial charge in [0.15, 0.2) is 6.29 Å². The van der Waals surface area contributed by atoms with Crippen LogP contribution >= 0.6 is 0 Å². The number of benzene rings is 1. The lowest BCUT2D eigenvalue weighted by Gasteiger charge is -2.43. The molecule has 0 saturated carbocycles. The second-order valence-corrected chi connectivity index (χ2v) is 10.3. The summed E-state index contributed by atoms with van der Waals surface area (Å²) in [5, 5.41) is 53.7. The van der Waals surface area contributed by atoms with Crippen LogP contribution in [0.4, 0.5) is 0 Å². The first-order valence-electron chi connectivity index (χ1n) is 13.3. The summed E-state index contributed by atoms with van der Waals surface area (Å²) in [4.78, 5) is 29.3. The van der Waals surface area contributed by atoms with Crippen LogP contribution in [-0.4, -0.2) is 106 Å². The molecular formula is C28H34N2O11. The molecule has 5 rings (SSSR count). The van der Waals surface area contributed by atoms with Crippen molar-refractivity contribution in [1.82, 2.24) is 10.3 Å². The third-order valence-corrected chi connectivity index (χ3v) is 7.97. The van der Waals surface area contributed by atoms with E-state index in [0.717, 1.165) is 16.5 Å². The molecule has 0 unspecified atom stereocenters. The van der Waals surface area contributed by atoms with Crippen molar-refractivity contribution in [2.45, 2.75) is 55.9 Å². The van der Waals surface area contributed by atoms with Crippen LogP contribution in [-0.2, 0) is 35.0 Å². The fourth-order valence-electron chi connectivity index (χ4n) is 5.73. The summed E-state index contributed by atoms with van der Waals surface area (Å²) in [5.41, 5.74) is 2.46. The number of hydrogen-bond acceptors (Lipinski definition) is 11. The van der Waals surface area contributed by atoms with E-state index in [0.29, 0.717) is 12.0 Å². The Hall–Kier alpha value is -3.30. The molecule has 13 heteroatoms. The van der Waals surface area contributed by atoms with E-state index in [9.17, 15) is 35.1 Å². The Morgan fingerprint density at radius 3 is 2.63 bits per heavy atom. The van der Waals surface area contributed by atoms with Crippen LogP contribution < -0.4 is 5.32 Å². The number of para-hydroxylation sites is 1. The molecule has 3 heterocycles. The molecule has 1 fully saturated rings. The highest BCUT2D eigenvalue weighted by molar-refractivity contribution is 5.97. The van der Waals surface area contributed by atoms with Gasteiger partial charge in [-0.05, 0) is 23.6 Å². The summed E-state index contributed by atoms with van der Waals surface area (Å²) in [5.74, 6) is -2.36. The largest absolute Gasteiger partial charge is 0.471 e. The van der Waals surface area contributed by atoms with Crippen LogP contribution in [0.2, 0.25) is 0 Å². The van der Waals surface area contributed by atoms with Gasteiger partial charge in [-0.2, -0.15) is 0 Å². The van der Waals surface area contributed by atoms with Crippen molar-refractivity contribution in [1.29, 1.82) is 0 Å². The predicted molar refractivity (Wildman–Crippen MR) is 141 cm³/mol. The number of aromatic nitrogens is 1. The van der Waals surface area contributed by atoms with Crippen LogP contribution in [0, 0.1) is 11.8 Å². The molecule has 3 aliphatic rings. The number of allylic oxidation sites excluding steroid dienone is 1. The molecule has 2 aromatic rings. The monoisotopic (exact) mass is 574 g/mol. The zero-order valence-corrected chi connectivity index (χ0v) is 22.3. The van der Waals surface area contributed by atoms with Gasteiger partial charge in [0, 0.05) is 29.4 Å². The highest BCUT2D eigenvalue weighted by atomic mass is 16.8. The Morgan fingerprint density at radius 2 is 1.90 bits per heavy atom. The van der Waals surface area contributed by atoms with Crippen LogP contribution in [0.15, 0.2) is 53.9 Å². The van der Waals surface area contributed by atoms with E-state index >= 15 is 0 Å². The van der Waals surface area contributed by atoms with E-state index in [1.165, 1.54) is 13.4 Å². The standard InChI is InChI=1S/C28H34N2O11/c1-38-26(37)19(8-14-9-29-18-5-3-2-4-15(14)18)30-25(36)17-12-39-27(21-13(10-31)6-7-16(17)21)41-28-24(35)23(34)22(33)20(11-32)40-28/h2-6,9,12,16,19-24,27-29,31-35H,7-8,10-11H2,1H3,(H,30,36)/t16-,19-,20-,21-,22-,23+,24-,27+,28+/m1/s1. The van der Waals surface area contributed by atoms with Gasteiger partial charge in [-0.15, -0.1) is 0 Å². The van der Waals surface area contributed by atoms with Gasteiger partial charge in [-0.3, -0.25) is 4.79 Å². The van der Waals surface area contributed by atoms with Crippen molar-refractivity contribution in [3.8, 4) is 0 Å². The van der Waals surface area contributed by atoms with Gasteiger partial charge in [0.25, 0.3) is 5.91 Å². The van der Waals surface area contributed by atoms with Crippen molar-refractivity contribution in [3.63, 3.8) is 0 Å². The fraction of sp³-hybridized carbons (Fsp3) is 0.500. The topological polar surface area (TPSA) is 200 Å². The summed E-state index contributed by atoms with van der Waals surface area (Å²) in [7, 11) is 1.24. The molecule has 7 N–H and O–H groups in total. The second kappa shape index (κ2) is 12.3. The first kappa shape index (κ1) is 29.2. The third-order valence-electron chi connectivity index (χ3n) is 7.97. The van der Waals surface area contributed by atoms with E-state index in [-0.39, 0.29) is 18.6 Å². The second-order valence-electron chi connectivity index (χ2n) is 10.3. The first-order valence-corrected chi connectivity index (χ1v) is 13.3. The van der Waals surface area contributed by atoms with Crippen LogP contribution in [0.25, 0.3) is 10.9 Å². The smallest absolute Gasteiger partial charge is 0.328 e. The number of nitrogens with one attached hydrogen (secondary N) is 2. The molecule has 1 aromatic heterocycles. The minimum atomic E-state index is -1.66. The van der Waals surface area contributed by atoms with Crippen molar-refractivity contribution in [2.75, 3.05) is 20.3 Å². The van der Waals surface area contributed by atoms with E-state index in [2.05, 4.69) is 10.3 Å². The number of amides is 1. The summed E-state index contributed by atoms with van der Waals surface area (Å²) in [6.07, 6.45) is -3.37. The number of aliphatic hydroxyl groups excluding tert-OH is 5. The zero-order valence-electron chi connectivity index (χ0n) is 22.3. The van der Waals surface area contributed by atoms with Crippen molar-refractivity contribution < 1.29 is 54.1 Å². The number of rotatable bonds is 9. The lowest BCUT2D eigenvalue weighted by atomic mass is 9.83. The molecule has 0 spiro atoms. The van der Waals surface area contributed by atoms with E-state index in [1.54, 1.807) is 12.3 Å². The number of ether oxygens (including phenoxy) is 4. The summed E-state index contributed by atoms with van der Waals surface area (Å²) in [6.45, 7) is -0.979. The van der Waals surface area contributed by atoms with Gasteiger partial charge in [0.2, 0.25) is 6.29 Å². The van der Waals surface area contributed by atoms with E-state index < -0.39 is 73.4 Å². The van der Waals surface area contributed by atoms with Gasteiger partial charge in [-0.25, -0.2) is 4.79 Å². The third kappa shape index (κ3) is 5.62. The molecule has 2 aliphatic heterocycles. The Kier molecular flexibility index (Phi) is 8.75. The molecule has 13 nitrogen and oxygen atoms in total. The van der Waals surface area contributed by atoms with Crippen molar-refractivity contribution in [2.24, 2.45) is 11.8 Å². The lowest BCUT2D eigenvalue weighted by Crippen LogP contribution is -2.60.